The second kappa shape index (κ2) is 10.8. The Bertz CT molecular complexity index is 823. The molecule has 0 bridgehead atoms. The van der Waals surface area contributed by atoms with Crippen molar-refractivity contribution in [2.24, 2.45) is 0 Å². The summed E-state index contributed by atoms with van der Waals surface area (Å²) >= 11 is 12.1. The number of para-hydroxylation sites is 1. The third-order valence-corrected chi connectivity index (χ3v) is 5.65. The Balaban J connectivity index is 1.49. The van der Waals surface area contributed by atoms with E-state index in [0.29, 0.717) is 27.9 Å². The Labute approximate surface area is 182 Å². The highest BCUT2D eigenvalue weighted by Gasteiger charge is 2.15. The summed E-state index contributed by atoms with van der Waals surface area (Å²) in [5.41, 5.74) is 1.34. The molecule has 2 aromatic carbocycles. The Kier molecular flexibility index (Phi) is 8.19. The van der Waals surface area contributed by atoms with Crippen molar-refractivity contribution in [3.8, 4) is 5.75 Å². The highest BCUT2D eigenvalue weighted by Crippen LogP contribution is 2.24. The molecule has 1 heterocycles. The summed E-state index contributed by atoms with van der Waals surface area (Å²) in [4.78, 5) is 17.4. The first-order valence-electron chi connectivity index (χ1n) is 9.88. The summed E-state index contributed by atoms with van der Waals surface area (Å²) in [7, 11) is 2.15. The number of piperazine rings is 1. The second-order valence-electron chi connectivity index (χ2n) is 7.27. The Hall–Kier alpha value is -1.79. The van der Waals surface area contributed by atoms with Crippen LogP contribution in [0.25, 0.3) is 0 Å². The minimum Gasteiger partial charge on any atom is -0.488 e. The van der Waals surface area contributed by atoms with Gasteiger partial charge in [0.25, 0.3) is 5.91 Å². The number of ether oxygens (including phenoxy) is 1. The van der Waals surface area contributed by atoms with Gasteiger partial charge in [-0.15, -0.1) is 0 Å². The van der Waals surface area contributed by atoms with Crippen molar-refractivity contribution in [2.75, 3.05) is 46.3 Å². The first-order valence-corrected chi connectivity index (χ1v) is 10.6. The number of nitrogens with zero attached hydrogens (tertiary/aromatic N) is 2. The zero-order valence-corrected chi connectivity index (χ0v) is 18.2. The van der Waals surface area contributed by atoms with Gasteiger partial charge in [0.2, 0.25) is 0 Å². The van der Waals surface area contributed by atoms with Gasteiger partial charge >= 0.3 is 0 Å². The second-order valence-corrected chi connectivity index (χ2v) is 8.12. The number of hydrogen-bond donors (Lipinski definition) is 1. The fraction of sp³-hybridized carbons (Fsp3) is 0.409. The predicted molar refractivity (Wildman–Crippen MR) is 118 cm³/mol. The molecule has 0 aliphatic carbocycles. The lowest BCUT2D eigenvalue weighted by Gasteiger charge is -2.32. The molecule has 1 N–H and O–H groups in total. The Morgan fingerprint density at radius 1 is 1.10 bits per heavy atom. The summed E-state index contributed by atoms with van der Waals surface area (Å²) < 4.78 is 5.88. The van der Waals surface area contributed by atoms with E-state index in [9.17, 15) is 4.79 Å². The highest BCUT2D eigenvalue weighted by molar-refractivity contribution is 6.35. The van der Waals surface area contributed by atoms with Gasteiger partial charge in [0.1, 0.15) is 12.4 Å². The molecule has 0 atom stereocenters. The molecule has 1 fully saturated rings. The van der Waals surface area contributed by atoms with E-state index >= 15 is 0 Å². The molecule has 7 heteroatoms. The number of benzene rings is 2. The number of amides is 1. The Morgan fingerprint density at radius 2 is 1.86 bits per heavy atom. The van der Waals surface area contributed by atoms with Crippen LogP contribution in [0.2, 0.25) is 10.0 Å². The van der Waals surface area contributed by atoms with Gasteiger partial charge in [0, 0.05) is 48.3 Å². The number of carbonyl (C=O) groups excluding carboxylic acids is 1. The predicted octanol–water partition coefficient (Wildman–Crippen LogP) is 3.94. The number of likely N-dealkylation sites (N-methyl/N-ethyl adjacent to an activating group) is 1. The normalized spacial score (nSPS) is 15.3. The number of carbonyl (C=O) groups is 1. The average molecular weight is 436 g/mol. The largest absolute Gasteiger partial charge is 0.488 e. The van der Waals surface area contributed by atoms with Gasteiger partial charge in [0.05, 0.1) is 5.56 Å². The van der Waals surface area contributed by atoms with E-state index in [0.717, 1.165) is 44.7 Å². The maximum atomic E-state index is 12.6. The summed E-state index contributed by atoms with van der Waals surface area (Å²) in [5, 5.41) is 4.13. The molecular weight excluding hydrogens is 409 g/mol. The molecule has 5 nitrogen and oxygen atoms in total. The zero-order chi connectivity index (χ0) is 20.6. The minimum absolute atomic E-state index is 0.124. The molecule has 1 amide bonds. The van der Waals surface area contributed by atoms with Crippen molar-refractivity contribution < 1.29 is 9.53 Å². The van der Waals surface area contributed by atoms with Gasteiger partial charge in [-0.2, -0.15) is 0 Å². The summed E-state index contributed by atoms with van der Waals surface area (Å²) in [6.07, 6.45) is 0.929. The lowest BCUT2D eigenvalue weighted by molar-refractivity contribution is 0.0945. The lowest BCUT2D eigenvalue weighted by atomic mass is 10.2. The van der Waals surface area contributed by atoms with Crippen LogP contribution in [0.1, 0.15) is 22.3 Å². The van der Waals surface area contributed by atoms with Gasteiger partial charge < -0.3 is 19.9 Å². The van der Waals surface area contributed by atoms with Crippen LogP contribution in [0.4, 0.5) is 0 Å². The van der Waals surface area contributed by atoms with Crippen LogP contribution in [0.3, 0.4) is 0 Å². The van der Waals surface area contributed by atoms with Crippen molar-refractivity contribution in [1.82, 2.24) is 15.1 Å². The summed E-state index contributed by atoms with van der Waals surface area (Å²) in [5.74, 6) is 0.413. The fourth-order valence-electron chi connectivity index (χ4n) is 3.25. The summed E-state index contributed by atoms with van der Waals surface area (Å²) in [6.45, 7) is 6.31. The monoisotopic (exact) mass is 435 g/mol. The molecule has 3 rings (SSSR count). The number of hydrogen-bond acceptors (Lipinski definition) is 4. The van der Waals surface area contributed by atoms with Gasteiger partial charge in [-0.3, -0.25) is 4.79 Å². The van der Waals surface area contributed by atoms with Crippen LogP contribution < -0.4 is 10.1 Å². The van der Waals surface area contributed by atoms with Crippen LogP contribution >= 0.6 is 23.2 Å². The van der Waals surface area contributed by atoms with E-state index in [1.807, 2.05) is 18.2 Å². The van der Waals surface area contributed by atoms with E-state index in [2.05, 4.69) is 22.2 Å². The van der Waals surface area contributed by atoms with E-state index in [1.54, 1.807) is 24.3 Å². The topological polar surface area (TPSA) is 44.8 Å². The summed E-state index contributed by atoms with van der Waals surface area (Å²) in [6, 6.07) is 12.5. The van der Waals surface area contributed by atoms with E-state index in [-0.39, 0.29) is 12.5 Å². The zero-order valence-electron chi connectivity index (χ0n) is 16.7. The van der Waals surface area contributed by atoms with Crippen molar-refractivity contribution in [2.45, 2.75) is 13.0 Å². The molecule has 0 spiro atoms. The molecule has 0 radical (unpaired) electrons. The maximum Gasteiger partial charge on any atom is 0.255 e. The first-order chi connectivity index (χ1) is 14.0. The SMILES string of the molecule is CN1CCN(CCCNC(=O)c2ccccc2OCc2ccc(Cl)cc2Cl)CC1. The standard InChI is InChI=1S/C22H27Cl2N3O2/c1-26-11-13-27(14-12-26)10-4-9-25-22(28)19-5-2-3-6-21(19)29-16-17-7-8-18(23)15-20(17)24/h2-3,5-8,15H,4,9-14,16H2,1H3,(H,25,28). The number of nitrogens with one attached hydrogen (secondary N) is 1. The quantitative estimate of drug-likeness (QED) is 0.637. The molecule has 156 valence electrons. The molecule has 0 saturated carbocycles. The molecule has 1 aliphatic rings. The fourth-order valence-corrected chi connectivity index (χ4v) is 3.71. The molecule has 29 heavy (non-hydrogen) atoms. The average Bonchev–Trinajstić information content (AvgIpc) is 2.72. The van der Waals surface area contributed by atoms with Crippen LogP contribution in [0.5, 0.6) is 5.75 Å². The molecule has 0 aromatic heterocycles. The van der Waals surface area contributed by atoms with Gasteiger partial charge in [0.15, 0.2) is 0 Å². The number of halogens is 2. The van der Waals surface area contributed by atoms with Crippen molar-refractivity contribution in [1.29, 1.82) is 0 Å². The van der Waals surface area contributed by atoms with Crippen molar-refractivity contribution >= 4 is 29.1 Å². The van der Waals surface area contributed by atoms with Crippen LogP contribution in [0, 0.1) is 0 Å². The maximum absolute atomic E-state index is 12.6. The van der Waals surface area contributed by atoms with E-state index in [4.69, 9.17) is 27.9 Å². The molecule has 0 unspecified atom stereocenters. The van der Waals surface area contributed by atoms with E-state index in [1.165, 1.54) is 0 Å². The van der Waals surface area contributed by atoms with Gasteiger partial charge in [-0.1, -0.05) is 41.4 Å². The van der Waals surface area contributed by atoms with Crippen molar-refractivity contribution in [3.63, 3.8) is 0 Å². The highest BCUT2D eigenvalue weighted by atomic mass is 35.5. The van der Waals surface area contributed by atoms with Crippen LogP contribution in [-0.4, -0.2) is 62.0 Å². The third kappa shape index (κ3) is 6.61. The minimum atomic E-state index is -0.124. The molecule has 1 aliphatic heterocycles. The van der Waals surface area contributed by atoms with Gasteiger partial charge in [-0.05, 0) is 44.3 Å². The molecular formula is C22H27Cl2N3O2. The Morgan fingerprint density at radius 3 is 2.62 bits per heavy atom. The molecule has 1 saturated heterocycles. The van der Waals surface area contributed by atoms with E-state index < -0.39 is 0 Å². The lowest BCUT2D eigenvalue weighted by Crippen LogP contribution is -2.45. The molecule has 2 aromatic rings. The third-order valence-electron chi connectivity index (χ3n) is 5.06. The first kappa shape index (κ1) is 21.9. The van der Waals surface area contributed by atoms with Crippen LogP contribution in [-0.2, 0) is 6.61 Å². The van der Waals surface area contributed by atoms with Gasteiger partial charge in [-0.25, -0.2) is 0 Å². The van der Waals surface area contributed by atoms with Crippen LogP contribution in [0.15, 0.2) is 42.5 Å². The smallest absolute Gasteiger partial charge is 0.255 e. The van der Waals surface area contributed by atoms with Crippen molar-refractivity contribution in [3.05, 3.63) is 63.6 Å². The number of rotatable bonds is 8.